The Morgan fingerprint density at radius 2 is 1.71 bits per heavy atom. The highest BCUT2D eigenvalue weighted by Gasteiger charge is 2.16. The second kappa shape index (κ2) is 7.21. The summed E-state index contributed by atoms with van der Waals surface area (Å²) in [6.07, 6.45) is 0.419. The van der Waals surface area contributed by atoms with Crippen LogP contribution in [0, 0.1) is 11.6 Å². The van der Waals surface area contributed by atoms with E-state index in [0.717, 1.165) is 11.6 Å². The van der Waals surface area contributed by atoms with Crippen molar-refractivity contribution in [1.82, 2.24) is 5.32 Å². The lowest BCUT2D eigenvalue weighted by molar-refractivity contribution is 0.539. The van der Waals surface area contributed by atoms with Crippen LogP contribution in [0.15, 0.2) is 36.4 Å². The van der Waals surface area contributed by atoms with Crippen molar-refractivity contribution in [3.05, 3.63) is 69.2 Å². The highest BCUT2D eigenvalue weighted by atomic mass is 35.5. The molecule has 1 atom stereocenters. The Morgan fingerprint density at radius 3 is 2.33 bits per heavy atom. The van der Waals surface area contributed by atoms with Crippen molar-refractivity contribution in [2.24, 2.45) is 0 Å². The summed E-state index contributed by atoms with van der Waals surface area (Å²) in [6, 6.07) is 8.54. The molecule has 0 aliphatic carbocycles. The molecule has 1 nitrogen and oxygen atoms in total. The van der Waals surface area contributed by atoms with Crippen molar-refractivity contribution in [2.75, 3.05) is 6.54 Å². The zero-order chi connectivity index (χ0) is 15.4. The van der Waals surface area contributed by atoms with E-state index in [-0.39, 0.29) is 6.04 Å². The first-order valence-corrected chi connectivity index (χ1v) is 7.38. The van der Waals surface area contributed by atoms with Gasteiger partial charge in [0.2, 0.25) is 0 Å². The van der Waals surface area contributed by atoms with Gasteiger partial charge in [0.25, 0.3) is 0 Å². The molecule has 2 aromatic rings. The maximum absolute atomic E-state index is 13.3. The van der Waals surface area contributed by atoms with Gasteiger partial charge < -0.3 is 5.32 Å². The Kier molecular flexibility index (Phi) is 5.57. The van der Waals surface area contributed by atoms with Gasteiger partial charge in [-0.25, -0.2) is 8.78 Å². The minimum Gasteiger partial charge on any atom is -0.310 e. The number of benzene rings is 2. The van der Waals surface area contributed by atoms with Gasteiger partial charge in [0.05, 0.1) is 0 Å². The van der Waals surface area contributed by atoms with E-state index in [1.165, 1.54) is 12.1 Å². The molecule has 0 aromatic heterocycles. The molecule has 1 unspecified atom stereocenters. The summed E-state index contributed by atoms with van der Waals surface area (Å²) < 4.78 is 26.6. The van der Waals surface area contributed by atoms with Crippen molar-refractivity contribution >= 4 is 23.2 Å². The molecule has 0 aliphatic heterocycles. The topological polar surface area (TPSA) is 12.0 Å². The van der Waals surface area contributed by atoms with E-state index in [9.17, 15) is 8.78 Å². The predicted molar refractivity (Wildman–Crippen MR) is 82.9 cm³/mol. The number of likely N-dealkylation sites (N-methyl/N-ethyl adjacent to an activating group) is 1. The maximum Gasteiger partial charge on any atom is 0.126 e. The Bertz CT molecular complexity index is 611. The van der Waals surface area contributed by atoms with Crippen LogP contribution in [-0.4, -0.2) is 6.54 Å². The molecule has 0 spiro atoms. The SMILES string of the molecule is CCNC(Cc1cc(F)cc(F)c1)c1cc(Cl)ccc1Cl. The third kappa shape index (κ3) is 4.40. The largest absolute Gasteiger partial charge is 0.310 e. The number of rotatable bonds is 5. The van der Waals surface area contributed by atoms with E-state index in [1.54, 1.807) is 18.2 Å². The molecule has 0 aliphatic rings. The fourth-order valence-corrected chi connectivity index (χ4v) is 2.71. The Balaban J connectivity index is 2.32. The fourth-order valence-electron chi connectivity index (χ4n) is 2.28. The van der Waals surface area contributed by atoms with Crippen LogP contribution in [0.4, 0.5) is 8.78 Å². The Labute approximate surface area is 132 Å². The summed E-state index contributed by atoms with van der Waals surface area (Å²) in [4.78, 5) is 0. The molecule has 1 N–H and O–H groups in total. The zero-order valence-electron chi connectivity index (χ0n) is 11.5. The van der Waals surface area contributed by atoms with Gasteiger partial charge in [-0.1, -0.05) is 30.1 Å². The van der Waals surface area contributed by atoms with Crippen LogP contribution < -0.4 is 5.32 Å². The summed E-state index contributed by atoms with van der Waals surface area (Å²) in [5.74, 6) is -1.17. The molecule has 0 bridgehead atoms. The second-order valence-electron chi connectivity index (χ2n) is 4.76. The highest BCUT2D eigenvalue weighted by molar-refractivity contribution is 6.33. The van der Waals surface area contributed by atoms with E-state index >= 15 is 0 Å². The van der Waals surface area contributed by atoms with Crippen molar-refractivity contribution in [3.8, 4) is 0 Å². The molecule has 0 fully saturated rings. The third-order valence-electron chi connectivity index (χ3n) is 3.15. The molecule has 0 saturated heterocycles. The van der Waals surface area contributed by atoms with Gasteiger partial charge >= 0.3 is 0 Å². The minimum absolute atomic E-state index is 0.164. The summed E-state index contributed by atoms with van der Waals surface area (Å²) in [5, 5.41) is 4.41. The van der Waals surface area contributed by atoms with Crippen LogP contribution in [0.25, 0.3) is 0 Å². The van der Waals surface area contributed by atoms with Crippen LogP contribution in [0.2, 0.25) is 10.0 Å². The predicted octanol–water partition coefficient (Wildman–Crippen LogP) is 5.16. The molecule has 2 rings (SSSR count). The van der Waals surface area contributed by atoms with Crippen LogP contribution >= 0.6 is 23.2 Å². The van der Waals surface area contributed by atoms with Gasteiger partial charge in [-0.3, -0.25) is 0 Å². The Hall–Kier alpha value is -1.16. The molecular weight excluding hydrogens is 315 g/mol. The molecule has 5 heteroatoms. The van der Waals surface area contributed by atoms with Crippen LogP contribution in [-0.2, 0) is 6.42 Å². The molecular formula is C16H15Cl2F2N. The summed E-state index contributed by atoms with van der Waals surface area (Å²) in [6.45, 7) is 2.66. The monoisotopic (exact) mass is 329 g/mol. The number of hydrogen-bond donors (Lipinski definition) is 1. The van der Waals surface area contributed by atoms with Gasteiger partial charge in [0, 0.05) is 22.2 Å². The highest BCUT2D eigenvalue weighted by Crippen LogP contribution is 2.29. The standard InChI is InChI=1S/C16H15Cl2F2N/c1-2-21-16(14-8-11(17)3-4-15(14)18)7-10-5-12(19)9-13(20)6-10/h3-6,8-9,16,21H,2,7H2,1H3. The first kappa shape index (κ1) is 16.2. The first-order valence-electron chi connectivity index (χ1n) is 6.63. The number of hydrogen-bond acceptors (Lipinski definition) is 1. The Morgan fingerprint density at radius 1 is 1.05 bits per heavy atom. The van der Waals surface area contributed by atoms with Gasteiger partial charge in [0.1, 0.15) is 11.6 Å². The minimum atomic E-state index is -0.586. The maximum atomic E-state index is 13.3. The van der Waals surface area contributed by atoms with Crippen LogP contribution in [0.5, 0.6) is 0 Å². The van der Waals surface area contributed by atoms with Crippen LogP contribution in [0.1, 0.15) is 24.1 Å². The zero-order valence-corrected chi connectivity index (χ0v) is 13.0. The molecule has 0 saturated carbocycles. The van der Waals surface area contributed by atoms with Crippen molar-refractivity contribution in [2.45, 2.75) is 19.4 Å². The van der Waals surface area contributed by atoms with E-state index < -0.39 is 11.6 Å². The molecule has 0 amide bonds. The molecule has 21 heavy (non-hydrogen) atoms. The lowest BCUT2D eigenvalue weighted by Crippen LogP contribution is -2.23. The average Bonchev–Trinajstić information content (AvgIpc) is 2.40. The lowest BCUT2D eigenvalue weighted by Gasteiger charge is -2.20. The van der Waals surface area contributed by atoms with Gasteiger partial charge in [-0.15, -0.1) is 0 Å². The smallest absolute Gasteiger partial charge is 0.126 e. The lowest BCUT2D eigenvalue weighted by atomic mass is 9.98. The van der Waals surface area contributed by atoms with E-state index in [0.29, 0.717) is 28.6 Å². The fraction of sp³-hybridized carbons (Fsp3) is 0.250. The molecule has 112 valence electrons. The van der Waals surface area contributed by atoms with E-state index in [4.69, 9.17) is 23.2 Å². The van der Waals surface area contributed by atoms with Gasteiger partial charge in [0.15, 0.2) is 0 Å². The van der Waals surface area contributed by atoms with E-state index in [2.05, 4.69) is 5.32 Å². The van der Waals surface area contributed by atoms with E-state index in [1.807, 2.05) is 6.92 Å². The molecule has 2 aromatic carbocycles. The van der Waals surface area contributed by atoms with Gasteiger partial charge in [-0.05, 0) is 54.4 Å². The van der Waals surface area contributed by atoms with Crippen molar-refractivity contribution in [1.29, 1.82) is 0 Å². The van der Waals surface area contributed by atoms with Crippen molar-refractivity contribution in [3.63, 3.8) is 0 Å². The molecule has 0 heterocycles. The third-order valence-corrected chi connectivity index (χ3v) is 3.73. The number of nitrogens with one attached hydrogen (secondary N) is 1. The second-order valence-corrected chi connectivity index (χ2v) is 5.60. The number of halogens is 4. The van der Waals surface area contributed by atoms with Crippen LogP contribution in [0.3, 0.4) is 0 Å². The summed E-state index contributed by atoms with van der Waals surface area (Å²) in [7, 11) is 0. The summed E-state index contributed by atoms with van der Waals surface area (Å²) >= 11 is 12.2. The first-order chi connectivity index (χ1) is 9.99. The quantitative estimate of drug-likeness (QED) is 0.798. The normalized spacial score (nSPS) is 12.4. The average molecular weight is 330 g/mol. The molecule has 0 radical (unpaired) electrons. The summed E-state index contributed by atoms with van der Waals surface area (Å²) in [5.41, 5.74) is 1.38. The van der Waals surface area contributed by atoms with Crippen molar-refractivity contribution < 1.29 is 8.78 Å². The van der Waals surface area contributed by atoms with Gasteiger partial charge in [-0.2, -0.15) is 0 Å².